The van der Waals surface area contributed by atoms with Crippen LogP contribution in [-0.4, -0.2) is 23.1 Å². The zero-order chi connectivity index (χ0) is 9.15. The lowest BCUT2D eigenvalue weighted by molar-refractivity contribution is -0.251. The van der Waals surface area contributed by atoms with Gasteiger partial charge in [0.05, 0.1) is 12.0 Å². The van der Waals surface area contributed by atoms with Crippen molar-refractivity contribution >= 4 is 0 Å². The summed E-state index contributed by atoms with van der Waals surface area (Å²) in [5.41, 5.74) is 0. The lowest BCUT2D eigenvalue weighted by Crippen LogP contribution is -2.50. The summed E-state index contributed by atoms with van der Waals surface area (Å²) >= 11 is 0. The van der Waals surface area contributed by atoms with Gasteiger partial charge >= 0.3 is 11.8 Å². The minimum atomic E-state index is -4.00. The van der Waals surface area contributed by atoms with Gasteiger partial charge in [-0.1, -0.05) is 0 Å². The highest BCUT2D eigenvalue weighted by molar-refractivity contribution is 5.10. The number of alkyl halides is 4. The maximum atomic E-state index is 12.8. The molecule has 5 heteroatoms. The molecule has 2 aliphatic rings. The van der Waals surface area contributed by atoms with E-state index in [-0.39, 0.29) is 12.8 Å². The Bertz CT molecular complexity index is 215. The largest absolute Gasteiger partial charge is 0.393 e. The molecule has 3 atom stereocenters. The van der Waals surface area contributed by atoms with Gasteiger partial charge in [0.1, 0.15) is 0 Å². The average molecular weight is 184 g/mol. The lowest BCUT2D eigenvalue weighted by Gasteiger charge is -2.32. The maximum absolute atomic E-state index is 12.8. The zero-order valence-corrected chi connectivity index (χ0v) is 6.11. The second-order valence-electron chi connectivity index (χ2n) is 3.59. The van der Waals surface area contributed by atoms with Gasteiger partial charge in [-0.25, -0.2) is 0 Å². The molecule has 1 nitrogen and oxygen atoms in total. The Kier molecular flexibility index (Phi) is 1.34. The minimum absolute atomic E-state index is 0.187. The molecule has 70 valence electrons. The van der Waals surface area contributed by atoms with Crippen molar-refractivity contribution in [2.75, 3.05) is 0 Å². The van der Waals surface area contributed by atoms with Gasteiger partial charge in [-0.3, -0.25) is 0 Å². The van der Waals surface area contributed by atoms with E-state index in [1.165, 1.54) is 0 Å². The molecular formula is C7H8F4O. The standard InChI is InChI=1S/C7H8F4O/c8-6(9)3-1-4(5(12)2-3)7(6,10)11/h3-5,12H,1-2H2. The van der Waals surface area contributed by atoms with Crippen molar-refractivity contribution in [3.05, 3.63) is 0 Å². The molecule has 0 aromatic heterocycles. The van der Waals surface area contributed by atoms with E-state index < -0.39 is 29.8 Å². The molecule has 2 rings (SSSR count). The van der Waals surface area contributed by atoms with Crippen LogP contribution < -0.4 is 0 Å². The van der Waals surface area contributed by atoms with Gasteiger partial charge < -0.3 is 5.11 Å². The average Bonchev–Trinajstić information content (AvgIpc) is 2.35. The van der Waals surface area contributed by atoms with Gasteiger partial charge in [0, 0.05) is 5.92 Å². The normalized spacial score (nSPS) is 48.2. The third-order valence-corrected chi connectivity index (χ3v) is 2.95. The molecule has 1 N–H and O–H groups in total. The fourth-order valence-electron chi connectivity index (χ4n) is 2.22. The van der Waals surface area contributed by atoms with Crippen molar-refractivity contribution in [3.8, 4) is 0 Å². The molecule has 2 aliphatic carbocycles. The quantitative estimate of drug-likeness (QED) is 0.567. The molecule has 2 saturated carbocycles. The summed E-state index contributed by atoms with van der Waals surface area (Å²) < 4.78 is 51.0. The van der Waals surface area contributed by atoms with Crippen LogP contribution in [0.4, 0.5) is 17.6 Å². The number of hydrogen-bond donors (Lipinski definition) is 1. The van der Waals surface area contributed by atoms with E-state index in [4.69, 9.17) is 5.11 Å². The molecule has 0 aromatic carbocycles. The molecule has 0 heterocycles. The molecule has 12 heavy (non-hydrogen) atoms. The lowest BCUT2D eigenvalue weighted by atomic mass is 9.91. The molecule has 0 aromatic rings. The highest BCUT2D eigenvalue weighted by Gasteiger charge is 2.75. The Labute approximate surface area is 66.4 Å². The highest BCUT2D eigenvalue weighted by atomic mass is 19.3. The molecular weight excluding hydrogens is 176 g/mol. The molecule has 0 aliphatic heterocycles. The van der Waals surface area contributed by atoms with Crippen LogP contribution in [0, 0.1) is 11.8 Å². The first-order chi connectivity index (χ1) is 5.37. The third-order valence-electron chi connectivity index (χ3n) is 2.95. The van der Waals surface area contributed by atoms with E-state index >= 15 is 0 Å². The van der Waals surface area contributed by atoms with Crippen LogP contribution in [0.25, 0.3) is 0 Å². The van der Waals surface area contributed by atoms with Crippen LogP contribution in [0.1, 0.15) is 12.8 Å². The Morgan fingerprint density at radius 2 is 1.58 bits per heavy atom. The van der Waals surface area contributed by atoms with Gasteiger partial charge in [-0.15, -0.1) is 0 Å². The van der Waals surface area contributed by atoms with Crippen LogP contribution in [0.5, 0.6) is 0 Å². The van der Waals surface area contributed by atoms with E-state index in [0.717, 1.165) is 0 Å². The fourth-order valence-corrected chi connectivity index (χ4v) is 2.22. The summed E-state index contributed by atoms with van der Waals surface area (Å²) in [6, 6.07) is 0. The number of hydrogen-bond acceptors (Lipinski definition) is 1. The third kappa shape index (κ3) is 0.683. The maximum Gasteiger partial charge on any atom is 0.315 e. The summed E-state index contributed by atoms with van der Waals surface area (Å²) in [4.78, 5) is 0. The molecule has 2 bridgehead atoms. The van der Waals surface area contributed by atoms with Crippen molar-refractivity contribution < 1.29 is 22.7 Å². The van der Waals surface area contributed by atoms with E-state index in [2.05, 4.69) is 0 Å². The molecule has 3 unspecified atom stereocenters. The Hall–Kier alpha value is -0.320. The second-order valence-corrected chi connectivity index (χ2v) is 3.59. The van der Waals surface area contributed by atoms with Crippen LogP contribution in [0.15, 0.2) is 0 Å². The minimum Gasteiger partial charge on any atom is -0.393 e. The van der Waals surface area contributed by atoms with Crippen molar-refractivity contribution in [2.24, 2.45) is 11.8 Å². The Morgan fingerprint density at radius 3 is 1.92 bits per heavy atom. The van der Waals surface area contributed by atoms with Crippen molar-refractivity contribution in [2.45, 2.75) is 30.8 Å². The van der Waals surface area contributed by atoms with Crippen molar-refractivity contribution in [1.82, 2.24) is 0 Å². The van der Waals surface area contributed by atoms with Crippen LogP contribution in [0.2, 0.25) is 0 Å². The van der Waals surface area contributed by atoms with Gasteiger partial charge in [0.25, 0.3) is 0 Å². The van der Waals surface area contributed by atoms with Crippen LogP contribution in [-0.2, 0) is 0 Å². The predicted molar refractivity (Wildman–Crippen MR) is 32.1 cm³/mol. The van der Waals surface area contributed by atoms with Crippen molar-refractivity contribution in [3.63, 3.8) is 0 Å². The summed E-state index contributed by atoms with van der Waals surface area (Å²) in [6.45, 7) is 0. The van der Waals surface area contributed by atoms with Gasteiger partial charge in [0.2, 0.25) is 0 Å². The first-order valence-electron chi connectivity index (χ1n) is 3.81. The van der Waals surface area contributed by atoms with E-state index in [1.807, 2.05) is 0 Å². The second kappa shape index (κ2) is 1.95. The highest BCUT2D eigenvalue weighted by Crippen LogP contribution is 2.61. The summed E-state index contributed by atoms with van der Waals surface area (Å²) in [5, 5.41) is 8.97. The van der Waals surface area contributed by atoms with Crippen molar-refractivity contribution in [1.29, 1.82) is 0 Å². The number of aliphatic hydroxyl groups is 1. The Morgan fingerprint density at radius 1 is 1.00 bits per heavy atom. The fraction of sp³-hybridized carbons (Fsp3) is 1.00. The van der Waals surface area contributed by atoms with Crippen LogP contribution >= 0.6 is 0 Å². The first-order valence-corrected chi connectivity index (χ1v) is 3.81. The number of halogens is 4. The SMILES string of the molecule is OC1CC2CC1C(F)(F)C2(F)F. The summed E-state index contributed by atoms with van der Waals surface area (Å²) in [6.07, 6.45) is -1.68. The summed E-state index contributed by atoms with van der Waals surface area (Å²) in [5.74, 6) is -10.8. The Balaban J connectivity index is 2.36. The van der Waals surface area contributed by atoms with Gasteiger partial charge in [-0.2, -0.15) is 17.6 Å². The molecule has 0 radical (unpaired) electrons. The van der Waals surface area contributed by atoms with E-state index in [1.54, 1.807) is 0 Å². The van der Waals surface area contributed by atoms with E-state index in [0.29, 0.717) is 0 Å². The predicted octanol–water partition coefficient (Wildman–Crippen LogP) is 1.66. The molecule has 0 amide bonds. The zero-order valence-electron chi connectivity index (χ0n) is 6.11. The molecule has 0 spiro atoms. The van der Waals surface area contributed by atoms with Crippen LogP contribution in [0.3, 0.4) is 0 Å². The summed E-state index contributed by atoms with van der Waals surface area (Å²) in [7, 11) is 0. The van der Waals surface area contributed by atoms with Gasteiger partial charge in [-0.05, 0) is 12.8 Å². The van der Waals surface area contributed by atoms with Gasteiger partial charge in [0.15, 0.2) is 0 Å². The topological polar surface area (TPSA) is 20.2 Å². The van der Waals surface area contributed by atoms with E-state index in [9.17, 15) is 17.6 Å². The monoisotopic (exact) mass is 184 g/mol. The first kappa shape index (κ1) is 8.29. The molecule has 0 saturated heterocycles. The molecule has 2 fully saturated rings. The number of rotatable bonds is 0. The number of fused-ring (bicyclic) bond motifs is 2. The number of aliphatic hydroxyl groups excluding tert-OH is 1. The smallest absolute Gasteiger partial charge is 0.315 e.